The third-order valence-corrected chi connectivity index (χ3v) is 4.58. The highest BCUT2D eigenvalue weighted by atomic mass is 79.9. The van der Waals surface area contributed by atoms with Crippen LogP contribution in [0.3, 0.4) is 0 Å². The highest BCUT2D eigenvalue weighted by Crippen LogP contribution is 2.33. The van der Waals surface area contributed by atoms with E-state index in [1.54, 1.807) is 0 Å². The lowest BCUT2D eigenvalue weighted by Crippen LogP contribution is -2.03. The van der Waals surface area contributed by atoms with Gasteiger partial charge in [0.15, 0.2) is 0 Å². The standard InChI is InChI=1S/C11H6BrClFNOS/c12-11-7(13)4-9(17-11)10(16)6-3-5(15)1-2-8(6)14/h1-4H,15H2. The molecule has 2 nitrogen and oxygen atoms in total. The smallest absolute Gasteiger partial charge is 0.206 e. The van der Waals surface area contributed by atoms with Gasteiger partial charge in [0.25, 0.3) is 0 Å². The second-order valence-corrected chi connectivity index (χ2v) is 6.08. The topological polar surface area (TPSA) is 43.1 Å². The summed E-state index contributed by atoms with van der Waals surface area (Å²) in [6, 6.07) is 5.40. The second kappa shape index (κ2) is 4.76. The number of carbonyl (C=O) groups is 1. The van der Waals surface area contributed by atoms with Crippen molar-refractivity contribution >= 4 is 50.3 Å². The van der Waals surface area contributed by atoms with Crippen LogP contribution in [0, 0.1) is 5.82 Å². The molecule has 0 amide bonds. The highest BCUT2D eigenvalue weighted by Gasteiger charge is 2.17. The minimum absolute atomic E-state index is 0.0459. The van der Waals surface area contributed by atoms with Crippen LogP contribution in [0.15, 0.2) is 28.1 Å². The van der Waals surface area contributed by atoms with Gasteiger partial charge in [0.05, 0.1) is 19.2 Å². The van der Waals surface area contributed by atoms with E-state index in [1.807, 2.05) is 0 Å². The molecule has 0 fully saturated rings. The van der Waals surface area contributed by atoms with Crippen LogP contribution < -0.4 is 5.73 Å². The quantitative estimate of drug-likeness (QED) is 0.663. The van der Waals surface area contributed by atoms with Crippen LogP contribution in [0.1, 0.15) is 15.2 Å². The Morgan fingerprint density at radius 2 is 2.12 bits per heavy atom. The molecule has 0 radical (unpaired) electrons. The molecule has 0 atom stereocenters. The molecule has 0 aliphatic rings. The van der Waals surface area contributed by atoms with Crippen LogP contribution in [0.25, 0.3) is 0 Å². The first-order chi connectivity index (χ1) is 7.99. The molecule has 1 aromatic carbocycles. The largest absolute Gasteiger partial charge is 0.399 e. The van der Waals surface area contributed by atoms with Crippen LogP contribution in [0.2, 0.25) is 5.02 Å². The number of hydrogen-bond donors (Lipinski definition) is 1. The van der Waals surface area contributed by atoms with E-state index in [0.29, 0.717) is 19.4 Å². The normalized spacial score (nSPS) is 10.5. The van der Waals surface area contributed by atoms with Crippen LogP contribution in [0.5, 0.6) is 0 Å². The number of halogens is 3. The number of nitrogens with two attached hydrogens (primary N) is 1. The first kappa shape index (κ1) is 12.5. The molecule has 6 heteroatoms. The Morgan fingerprint density at radius 3 is 2.71 bits per heavy atom. The Balaban J connectivity index is 2.47. The maximum atomic E-state index is 13.5. The molecule has 0 unspecified atom stereocenters. The summed E-state index contributed by atoms with van der Waals surface area (Å²) in [4.78, 5) is 12.4. The summed E-state index contributed by atoms with van der Waals surface area (Å²) in [5.41, 5.74) is 5.83. The molecule has 0 saturated carbocycles. The second-order valence-electron chi connectivity index (χ2n) is 3.30. The Hall–Kier alpha value is -0.910. The van der Waals surface area contributed by atoms with Crippen molar-refractivity contribution in [2.45, 2.75) is 0 Å². The van der Waals surface area contributed by atoms with Gasteiger partial charge >= 0.3 is 0 Å². The lowest BCUT2D eigenvalue weighted by Gasteiger charge is -2.01. The number of hydrogen-bond acceptors (Lipinski definition) is 3. The zero-order chi connectivity index (χ0) is 12.6. The van der Waals surface area contributed by atoms with E-state index in [-0.39, 0.29) is 5.56 Å². The van der Waals surface area contributed by atoms with Gasteiger partial charge in [-0.05, 0) is 40.2 Å². The van der Waals surface area contributed by atoms with E-state index in [4.69, 9.17) is 17.3 Å². The number of rotatable bonds is 2. The fraction of sp³-hybridized carbons (Fsp3) is 0. The summed E-state index contributed by atoms with van der Waals surface area (Å²) in [5, 5.41) is 0.433. The minimum atomic E-state index is -0.593. The Morgan fingerprint density at radius 1 is 1.41 bits per heavy atom. The van der Waals surface area contributed by atoms with Crippen molar-refractivity contribution in [2.24, 2.45) is 0 Å². The molecular formula is C11H6BrClFNOS. The van der Waals surface area contributed by atoms with Crippen molar-refractivity contribution in [3.05, 3.63) is 49.3 Å². The predicted molar refractivity (Wildman–Crippen MR) is 71.3 cm³/mol. The average Bonchev–Trinajstić information content (AvgIpc) is 2.62. The number of ketones is 1. The zero-order valence-corrected chi connectivity index (χ0v) is 11.5. The fourth-order valence-corrected chi connectivity index (χ4v) is 2.96. The first-order valence-corrected chi connectivity index (χ1v) is 6.52. The van der Waals surface area contributed by atoms with Crippen molar-refractivity contribution in [1.82, 2.24) is 0 Å². The van der Waals surface area contributed by atoms with Gasteiger partial charge in [0.1, 0.15) is 5.82 Å². The lowest BCUT2D eigenvalue weighted by molar-refractivity contribution is 0.103. The van der Waals surface area contributed by atoms with Crippen LogP contribution in [-0.2, 0) is 0 Å². The molecule has 88 valence electrons. The van der Waals surface area contributed by atoms with Crippen molar-refractivity contribution in [3.8, 4) is 0 Å². The maximum Gasteiger partial charge on any atom is 0.206 e. The van der Waals surface area contributed by atoms with Crippen molar-refractivity contribution < 1.29 is 9.18 Å². The number of anilines is 1. The van der Waals surface area contributed by atoms with Gasteiger partial charge < -0.3 is 5.73 Å². The van der Waals surface area contributed by atoms with Gasteiger partial charge in [0, 0.05) is 5.69 Å². The van der Waals surface area contributed by atoms with Gasteiger partial charge in [0.2, 0.25) is 5.78 Å². The van der Waals surface area contributed by atoms with Crippen LogP contribution in [-0.4, -0.2) is 5.78 Å². The number of benzene rings is 1. The summed E-state index contributed by atoms with van der Waals surface area (Å²) in [7, 11) is 0. The van der Waals surface area contributed by atoms with E-state index in [1.165, 1.54) is 24.3 Å². The Bertz CT molecular complexity index is 580. The van der Waals surface area contributed by atoms with E-state index in [9.17, 15) is 9.18 Å². The molecule has 1 heterocycles. The van der Waals surface area contributed by atoms with Gasteiger partial charge in [-0.3, -0.25) is 4.79 Å². The minimum Gasteiger partial charge on any atom is -0.399 e. The molecule has 17 heavy (non-hydrogen) atoms. The Labute approximate surface area is 114 Å². The molecule has 2 rings (SSSR count). The molecule has 2 N–H and O–H groups in total. The molecule has 0 saturated heterocycles. The van der Waals surface area contributed by atoms with Gasteiger partial charge in [-0.1, -0.05) is 11.6 Å². The van der Waals surface area contributed by atoms with Crippen LogP contribution in [0.4, 0.5) is 10.1 Å². The first-order valence-electron chi connectivity index (χ1n) is 4.53. The fourth-order valence-electron chi connectivity index (χ4n) is 1.31. The SMILES string of the molecule is Nc1ccc(F)c(C(=O)c2cc(Cl)c(Br)s2)c1. The maximum absolute atomic E-state index is 13.5. The number of nitrogen functional groups attached to an aromatic ring is 1. The van der Waals surface area contributed by atoms with Gasteiger partial charge in [-0.15, -0.1) is 11.3 Å². The number of carbonyl (C=O) groups excluding carboxylic acids is 1. The Kier molecular flexibility index (Phi) is 3.51. The number of thiophene rings is 1. The average molecular weight is 335 g/mol. The highest BCUT2D eigenvalue weighted by molar-refractivity contribution is 9.11. The summed E-state index contributed by atoms with van der Waals surface area (Å²) in [6.45, 7) is 0. The van der Waals surface area contributed by atoms with E-state index in [0.717, 1.165) is 11.3 Å². The van der Waals surface area contributed by atoms with Crippen molar-refractivity contribution in [2.75, 3.05) is 5.73 Å². The van der Waals surface area contributed by atoms with E-state index >= 15 is 0 Å². The van der Waals surface area contributed by atoms with Crippen molar-refractivity contribution in [3.63, 3.8) is 0 Å². The van der Waals surface area contributed by atoms with Gasteiger partial charge in [-0.25, -0.2) is 4.39 Å². The molecule has 0 aliphatic carbocycles. The zero-order valence-electron chi connectivity index (χ0n) is 8.34. The van der Waals surface area contributed by atoms with Crippen molar-refractivity contribution in [1.29, 1.82) is 0 Å². The molecule has 1 aromatic heterocycles. The monoisotopic (exact) mass is 333 g/mol. The molecule has 2 aromatic rings. The molecule has 0 bridgehead atoms. The van der Waals surface area contributed by atoms with E-state index < -0.39 is 11.6 Å². The molecule has 0 spiro atoms. The predicted octanol–water partition coefficient (Wildman–Crippen LogP) is 4.12. The third-order valence-electron chi connectivity index (χ3n) is 2.10. The van der Waals surface area contributed by atoms with E-state index in [2.05, 4.69) is 15.9 Å². The summed E-state index contributed by atoms with van der Waals surface area (Å²) >= 11 is 10.2. The van der Waals surface area contributed by atoms with Crippen LogP contribution >= 0.6 is 38.9 Å². The summed E-state index contributed by atoms with van der Waals surface area (Å²) in [5.74, 6) is -1.02. The molecule has 0 aliphatic heterocycles. The van der Waals surface area contributed by atoms with Gasteiger partial charge in [-0.2, -0.15) is 0 Å². The molecular weight excluding hydrogens is 329 g/mol. The summed E-state index contributed by atoms with van der Waals surface area (Å²) in [6.07, 6.45) is 0. The third kappa shape index (κ3) is 2.51. The lowest BCUT2D eigenvalue weighted by atomic mass is 10.1. The summed E-state index contributed by atoms with van der Waals surface area (Å²) < 4.78 is 14.1.